The summed E-state index contributed by atoms with van der Waals surface area (Å²) in [6, 6.07) is -0.207. The number of esters is 1. The Hall–Kier alpha value is -1.59. The number of Topliss-reactive ketones (excluding diaryl/α,β-unsaturated/α-hetero) is 1. The Morgan fingerprint density at radius 3 is 2.90 bits per heavy atom. The van der Waals surface area contributed by atoms with Crippen LogP contribution < -0.4 is 0 Å². The lowest BCUT2D eigenvalue weighted by molar-refractivity contribution is -0.143. The van der Waals surface area contributed by atoms with Crippen molar-refractivity contribution in [2.45, 2.75) is 45.1 Å². The second kappa shape index (κ2) is 6.72. The zero-order valence-corrected chi connectivity index (χ0v) is 12.0. The lowest BCUT2D eigenvalue weighted by Crippen LogP contribution is -2.57. The summed E-state index contributed by atoms with van der Waals surface area (Å²) < 4.78 is 4.85. The van der Waals surface area contributed by atoms with Crippen LogP contribution in [0.25, 0.3) is 0 Å². The molecule has 20 heavy (non-hydrogen) atoms. The van der Waals surface area contributed by atoms with E-state index in [2.05, 4.69) is 0 Å². The van der Waals surface area contributed by atoms with E-state index in [0.29, 0.717) is 32.5 Å². The van der Waals surface area contributed by atoms with Gasteiger partial charge in [-0.25, -0.2) is 4.79 Å². The van der Waals surface area contributed by atoms with Crippen LogP contribution in [0.4, 0.5) is 4.79 Å². The first-order valence-electron chi connectivity index (χ1n) is 7.37. The third-order valence-electron chi connectivity index (χ3n) is 3.85. The molecule has 2 fully saturated rings. The summed E-state index contributed by atoms with van der Waals surface area (Å²) in [5, 5.41) is 0. The topological polar surface area (TPSA) is 66.9 Å². The SMILES string of the molecule is CCOC(=O)CCCCN1CC(=O)[C@H]2CCCN2C1=O. The number of rotatable bonds is 6. The van der Waals surface area contributed by atoms with Crippen molar-refractivity contribution < 1.29 is 19.1 Å². The minimum absolute atomic E-state index is 0.0248. The molecule has 2 amide bonds. The Morgan fingerprint density at radius 1 is 1.35 bits per heavy atom. The van der Waals surface area contributed by atoms with Crippen molar-refractivity contribution in [1.82, 2.24) is 9.80 Å². The normalized spacial score (nSPS) is 22.1. The van der Waals surface area contributed by atoms with Gasteiger partial charge in [0.15, 0.2) is 5.78 Å². The van der Waals surface area contributed by atoms with Gasteiger partial charge in [-0.15, -0.1) is 0 Å². The molecular formula is C14H22N2O4. The molecule has 0 aromatic carbocycles. The van der Waals surface area contributed by atoms with E-state index >= 15 is 0 Å². The zero-order chi connectivity index (χ0) is 14.5. The van der Waals surface area contributed by atoms with E-state index in [-0.39, 0.29) is 30.4 Å². The standard InChI is InChI=1S/C14H22N2O4/c1-2-20-13(18)7-3-4-8-15-10-12(17)11-6-5-9-16(11)14(15)19/h11H,2-10H2,1H3/t11-/m1/s1. The summed E-state index contributed by atoms with van der Waals surface area (Å²) in [6.07, 6.45) is 3.49. The van der Waals surface area contributed by atoms with Crippen molar-refractivity contribution in [3.05, 3.63) is 0 Å². The first-order chi connectivity index (χ1) is 9.63. The summed E-state index contributed by atoms with van der Waals surface area (Å²) in [7, 11) is 0. The van der Waals surface area contributed by atoms with Gasteiger partial charge in [0.2, 0.25) is 0 Å². The molecule has 2 heterocycles. The van der Waals surface area contributed by atoms with Crippen LogP contribution in [0.2, 0.25) is 0 Å². The van der Waals surface area contributed by atoms with E-state index in [9.17, 15) is 14.4 Å². The number of urea groups is 1. The van der Waals surface area contributed by atoms with Crippen molar-refractivity contribution in [2.24, 2.45) is 0 Å². The molecule has 2 saturated heterocycles. The minimum atomic E-state index is -0.201. The van der Waals surface area contributed by atoms with Gasteiger partial charge in [0.1, 0.15) is 0 Å². The molecule has 2 rings (SSSR count). The van der Waals surface area contributed by atoms with Crippen molar-refractivity contribution >= 4 is 17.8 Å². The van der Waals surface area contributed by atoms with Crippen LogP contribution >= 0.6 is 0 Å². The molecule has 0 unspecified atom stereocenters. The van der Waals surface area contributed by atoms with E-state index in [1.54, 1.807) is 16.7 Å². The van der Waals surface area contributed by atoms with Crippen LogP contribution in [-0.2, 0) is 14.3 Å². The first-order valence-corrected chi connectivity index (χ1v) is 7.37. The fourth-order valence-electron chi connectivity index (χ4n) is 2.85. The smallest absolute Gasteiger partial charge is 0.321 e. The minimum Gasteiger partial charge on any atom is -0.466 e. The fourth-order valence-corrected chi connectivity index (χ4v) is 2.85. The van der Waals surface area contributed by atoms with Gasteiger partial charge < -0.3 is 14.5 Å². The average molecular weight is 282 g/mol. The van der Waals surface area contributed by atoms with Gasteiger partial charge in [-0.3, -0.25) is 9.59 Å². The zero-order valence-electron chi connectivity index (χ0n) is 12.0. The van der Waals surface area contributed by atoms with E-state index in [0.717, 1.165) is 19.3 Å². The molecular weight excluding hydrogens is 260 g/mol. The fraction of sp³-hybridized carbons (Fsp3) is 0.786. The molecule has 6 nitrogen and oxygen atoms in total. The summed E-state index contributed by atoms with van der Waals surface area (Å²) in [4.78, 5) is 38.6. The van der Waals surface area contributed by atoms with Crippen LogP contribution in [0, 0.1) is 0 Å². The first kappa shape index (κ1) is 14.8. The number of carbonyl (C=O) groups excluding carboxylic acids is 3. The van der Waals surface area contributed by atoms with Gasteiger partial charge in [0, 0.05) is 19.5 Å². The third kappa shape index (κ3) is 3.29. The number of ether oxygens (including phenoxy) is 1. The quantitative estimate of drug-likeness (QED) is 0.542. The molecule has 6 heteroatoms. The molecule has 0 aliphatic carbocycles. The Balaban J connectivity index is 1.74. The number of amides is 2. The predicted octanol–water partition coefficient (Wildman–Crippen LogP) is 1.19. The molecule has 0 aromatic heterocycles. The highest BCUT2D eigenvalue weighted by atomic mass is 16.5. The molecule has 0 radical (unpaired) electrons. The second-order valence-electron chi connectivity index (χ2n) is 5.28. The summed E-state index contributed by atoms with van der Waals surface area (Å²) >= 11 is 0. The van der Waals surface area contributed by atoms with Gasteiger partial charge in [0.25, 0.3) is 0 Å². The Morgan fingerprint density at radius 2 is 2.15 bits per heavy atom. The predicted molar refractivity (Wildman–Crippen MR) is 72.2 cm³/mol. The maximum atomic E-state index is 12.2. The van der Waals surface area contributed by atoms with Gasteiger partial charge in [0.05, 0.1) is 19.2 Å². The number of nitrogens with zero attached hydrogens (tertiary/aromatic N) is 2. The lowest BCUT2D eigenvalue weighted by Gasteiger charge is -2.36. The third-order valence-corrected chi connectivity index (χ3v) is 3.85. The van der Waals surface area contributed by atoms with Crippen LogP contribution in [0.5, 0.6) is 0 Å². The maximum Gasteiger partial charge on any atom is 0.321 e. The van der Waals surface area contributed by atoms with E-state index < -0.39 is 0 Å². The molecule has 1 atom stereocenters. The van der Waals surface area contributed by atoms with Crippen LogP contribution in [-0.4, -0.2) is 59.9 Å². The van der Waals surface area contributed by atoms with Gasteiger partial charge >= 0.3 is 12.0 Å². The highest BCUT2D eigenvalue weighted by molar-refractivity contribution is 5.96. The van der Waals surface area contributed by atoms with E-state index in [4.69, 9.17) is 4.74 Å². The second-order valence-corrected chi connectivity index (χ2v) is 5.28. The number of ketones is 1. The molecule has 2 aliphatic heterocycles. The van der Waals surface area contributed by atoms with E-state index in [1.165, 1.54) is 0 Å². The van der Waals surface area contributed by atoms with Crippen LogP contribution in [0.15, 0.2) is 0 Å². The van der Waals surface area contributed by atoms with Gasteiger partial charge in [-0.2, -0.15) is 0 Å². The highest BCUT2D eigenvalue weighted by Crippen LogP contribution is 2.24. The summed E-state index contributed by atoms with van der Waals surface area (Å²) in [5.41, 5.74) is 0. The Kier molecular flexibility index (Phi) is 4.98. The van der Waals surface area contributed by atoms with Gasteiger partial charge in [-0.1, -0.05) is 0 Å². The van der Waals surface area contributed by atoms with Gasteiger partial charge in [-0.05, 0) is 32.6 Å². The maximum absolute atomic E-state index is 12.2. The molecule has 0 aromatic rings. The number of fused-ring (bicyclic) bond motifs is 1. The molecule has 0 N–H and O–H groups in total. The number of hydrogen-bond acceptors (Lipinski definition) is 4. The Bertz CT molecular complexity index is 397. The molecule has 2 aliphatic rings. The van der Waals surface area contributed by atoms with Crippen molar-refractivity contribution in [2.75, 3.05) is 26.2 Å². The van der Waals surface area contributed by atoms with Crippen LogP contribution in [0.1, 0.15) is 39.0 Å². The van der Waals surface area contributed by atoms with Crippen LogP contribution in [0.3, 0.4) is 0 Å². The van der Waals surface area contributed by atoms with Crippen molar-refractivity contribution in [1.29, 1.82) is 0 Å². The monoisotopic (exact) mass is 282 g/mol. The van der Waals surface area contributed by atoms with Crippen molar-refractivity contribution in [3.63, 3.8) is 0 Å². The summed E-state index contributed by atoms with van der Waals surface area (Å²) in [6.45, 7) is 3.62. The highest BCUT2D eigenvalue weighted by Gasteiger charge is 2.41. The largest absolute Gasteiger partial charge is 0.466 e. The average Bonchev–Trinajstić information content (AvgIpc) is 2.90. The molecule has 0 bridgehead atoms. The number of carbonyl (C=O) groups is 3. The Labute approximate surface area is 119 Å². The van der Waals surface area contributed by atoms with Crippen molar-refractivity contribution in [3.8, 4) is 0 Å². The van der Waals surface area contributed by atoms with E-state index in [1.807, 2.05) is 0 Å². The molecule has 0 saturated carbocycles. The summed E-state index contributed by atoms with van der Waals surface area (Å²) in [5.74, 6) is -0.0550. The molecule has 0 spiro atoms. The molecule has 112 valence electrons. The lowest BCUT2D eigenvalue weighted by atomic mass is 10.1. The number of hydrogen-bond donors (Lipinski definition) is 0. The number of unbranched alkanes of at least 4 members (excludes halogenated alkanes) is 1.